The predicted molar refractivity (Wildman–Crippen MR) is 84.9 cm³/mol. The molecule has 0 aliphatic heterocycles. The fourth-order valence-corrected chi connectivity index (χ4v) is 3.14. The third-order valence-corrected chi connectivity index (χ3v) is 4.22. The highest BCUT2D eigenvalue weighted by atomic mass is 16.3. The van der Waals surface area contributed by atoms with E-state index in [2.05, 4.69) is 0 Å². The van der Waals surface area contributed by atoms with E-state index in [-0.39, 0.29) is 5.91 Å². The molecule has 110 valence electrons. The number of hydrogen-bond acceptors (Lipinski definition) is 2. The van der Waals surface area contributed by atoms with Gasteiger partial charge in [-0.1, -0.05) is 31.0 Å². The van der Waals surface area contributed by atoms with Crippen LogP contribution in [0.5, 0.6) is 0 Å². The van der Waals surface area contributed by atoms with E-state index in [4.69, 9.17) is 4.42 Å². The third-order valence-electron chi connectivity index (χ3n) is 4.22. The second kappa shape index (κ2) is 6.17. The molecule has 0 N–H and O–H groups in total. The van der Waals surface area contributed by atoms with Crippen molar-refractivity contribution in [3.8, 4) is 0 Å². The molecule has 3 heteroatoms. The minimum atomic E-state index is 0.0878. The molecule has 1 heterocycles. The van der Waals surface area contributed by atoms with Crippen LogP contribution in [0, 0.1) is 0 Å². The molecule has 0 saturated heterocycles. The molecule has 1 saturated carbocycles. The summed E-state index contributed by atoms with van der Waals surface area (Å²) in [4.78, 5) is 14.3. The van der Waals surface area contributed by atoms with Crippen molar-refractivity contribution in [1.82, 2.24) is 4.90 Å². The average Bonchev–Trinajstić information content (AvgIpc) is 3.14. The van der Waals surface area contributed by atoms with Crippen LogP contribution < -0.4 is 0 Å². The van der Waals surface area contributed by atoms with Gasteiger partial charge in [-0.2, -0.15) is 0 Å². The number of rotatable bonds is 4. The van der Waals surface area contributed by atoms with Crippen molar-refractivity contribution in [3.63, 3.8) is 0 Å². The van der Waals surface area contributed by atoms with E-state index in [1.165, 1.54) is 12.8 Å². The summed E-state index contributed by atoms with van der Waals surface area (Å²) < 4.78 is 5.70. The van der Waals surface area contributed by atoms with E-state index in [1.807, 2.05) is 42.2 Å². The normalized spacial score (nSPS) is 16.0. The summed E-state index contributed by atoms with van der Waals surface area (Å²) in [6.07, 6.45) is 8.17. The van der Waals surface area contributed by atoms with E-state index < -0.39 is 0 Å². The van der Waals surface area contributed by atoms with Gasteiger partial charge < -0.3 is 9.32 Å². The Bertz CT molecular complexity index is 617. The van der Waals surface area contributed by atoms with Crippen molar-refractivity contribution < 1.29 is 9.21 Å². The fourth-order valence-electron chi connectivity index (χ4n) is 3.14. The molecule has 1 amide bonds. The number of nitrogens with zero attached hydrogens (tertiary/aromatic N) is 1. The summed E-state index contributed by atoms with van der Waals surface area (Å²) in [6.45, 7) is 2.82. The Morgan fingerprint density at radius 3 is 2.81 bits per heavy atom. The number of hydrogen-bond donors (Lipinski definition) is 0. The van der Waals surface area contributed by atoms with Crippen LogP contribution in [0.3, 0.4) is 0 Å². The zero-order chi connectivity index (χ0) is 14.7. The van der Waals surface area contributed by atoms with Gasteiger partial charge in [-0.3, -0.25) is 4.79 Å². The van der Waals surface area contributed by atoms with E-state index in [1.54, 1.807) is 12.2 Å². The predicted octanol–water partition coefficient (Wildman–Crippen LogP) is 4.24. The molecule has 0 atom stereocenters. The number of likely N-dealkylation sites (N-methyl/N-ethyl adjacent to an activating group) is 1. The second-order valence-corrected chi connectivity index (χ2v) is 5.58. The largest absolute Gasteiger partial charge is 0.457 e. The molecule has 0 radical (unpaired) electrons. The van der Waals surface area contributed by atoms with Gasteiger partial charge in [0.05, 0.1) is 0 Å². The highest BCUT2D eigenvalue weighted by Gasteiger charge is 2.23. The van der Waals surface area contributed by atoms with Crippen LogP contribution in [0.25, 0.3) is 17.0 Å². The molecule has 3 rings (SSSR count). The van der Waals surface area contributed by atoms with Crippen LogP contribution in [0.1, 0.15) is 38.4 Å². The summed E-state index contributed by atoms with van der Waals surface area (Å²) in [7, 11) is 0. The van der Waals surface area contributed by atoms with Gasteiger partial charge in [0.15, 0.2) is 0 Å². The summed E-state index contributed by atoms with van der Waals surface area (Å²) in [6, 6.07) is 10.3. The maximum absolute atomic E-state index is 12.3. The van der Waals surface area contributed by atoms with Crippen LogP contribution in [-0.4, -0.2) is 23.4 Å². The lowest BCUT2D eigenvalue weighted by Gasteiger charge is -2.26. The van der Waals surface area contributed by atoms with Crippen molar-refractivity contribution in [1.29, 1.82) is 0 Å². The molecule has 0 unspecified atom stereocenters. The second-order valence-electron chi connectivity index (χ2n) is 5.58. The lowest BCUT2D eigenvalue weighted by molar-refractivity contribution is -0.127. The zero-order valence-corrected chi connectivity index (χ0v) is 12.4. The average molecular weight is 283 g/mol. The summed E-state index contributed by atoms with van der Waals surface area (Å²) in [5.41, 5.74) is 0.854. The smallest absolute Gasteiger partial charge is 0.246 e. The maximum atomic E-state index is 12.3. The zero-order valence-electron chi connectivity index (χ0n) is 12.4. The number of amides is 1. The molecular weight excluding hydrogens is 262 g/mol. The van der Waals surface area contributed by atoms with E-state index >= 15 is 0 Å². The quantitative estimate of drug-likeness (QED) is 0.786. The van der Waals surface area contributed by atoms with Gasteiger partial charge in [0.25, 0.3) is 0 Å². The van der Waals surface area contributed by atoms with Gasteiger partial charge in [0.1, 0.15) is 11.3 Å². The van der Waals surface area contributed by atoms with Crippen LogP contribution in [0.15, 0.2) is 40.8 Å². The minimum Gasteiger partial charge on any atom is -0.457 e. The Hall–Kier alpha value is -2.03. The highest BCUT2D eigenvalue weighted by Crippen LogP contribution is 2.24. The van der Waals surface area contributed by atoms with Gasteiger partial charge in [-0.05, 0) is 38.0 Å². The first-order valence-electron chi connectivity index (χ1n) is 7.75. The number of benzene rings is 1. The number of carbonyl (C=O) groups is 1. The summed E-state index contributed by atoms with van der Waals surface area (Å²) >= 11 is 0. The molecule has 1 aromatic carbocycles. The number of fused-ring (bicyclic) bond motifs is 1. The van der Waals surface area contributed by atoms with Crippen LogP contribution in [-0.2, 0) is 4.79 Å². The first kappa shape index (κ1) is 13.9. The van der Waals surface area contributed by atoms with E-state index in [9.17, 15) is 4.79 Å². The number of carbonyl (C=O) groups excluding carboxylic acids is 1. The molecule has 1 aliphatic carbocycles. The fraction of sp³-hybridized carbons (Fsp3) is 0.389. The van der Waals surface area contributed by atoms with Gasteiger partial charge in [0.2, 0.25) is 5.91 Å². The Kier molecular flexibility index (Phi) is 4.09. The molecular formula is C18H21NO2. The molecule has 21 heavy (non-hydrogen) atoms. The number of para-hydroxylation sites is 1. The first-order valence-corrected chi connectivity index (χ1v) is 7.75. The molecule has 3 nitrogen and oxygen atoms in total. The van der Waals surface area contributed by atoms with Crippen molar-refractivity contribution >= 4 is 23.0 Å². The van der Waals surface area contributed by atoms with Crippen molar-refractivity contribution in [2.75, 3.05) is 6.54 Å². The Morgan fingerprint density at radius 2 is 2.10 bits per heavy atom. The van der Waals surface area contributed by atoms with Crippen molar-refractivity contribution in [3.05, 3.63) is 42.2 Å². The molecule has 0 spiro atoms. The topological polar surface area (TPSA) is 33.5 Å². The van der Waals surface area contributed by atoms with Crippen LogP contribution in [0.4, 0.5) is 0 Å². The molecule has 1 aromatic heterocycles. The summed E-state index contributed by atoms with van der Waals surface area (Å²) in [5.74, 6) is 0.817. The first-order chi connectivity index (χ1) is 10.3. The summed E-state index contributed by atoms with van der Waals surface area (Å²) in [5, 5.41) is 1.06. The standard InChI is InChI=1S/C18H21NO2/c1-2-19(15-8-4-5-9-15)18(20)12-11-16-13-14-7-3-6-10-17(14)21-16/h3,6-7,10-13,15H,2,4-5,8-9H2,1H3/b12-11+. The lowest BCUT2D eigenvalue weighted by Crippen LogP contribution is -2.37. The molecule has 2 aromatic rings. The Balaban J connectivity index is 1.73. The van der Waals surface area contributed by atoms with Gasteiger partial charge >= 0.3 is 0 Å². The van der Waals surface area contributed by atoms with Crippen molar-refractivity contribution in [2.24, 2.45) is 0 Å². The van der Waals surface area contributed by atoms with E-state index in [0.29, 0.717) is 6.04 Å². The molecule has 1 aliphatic rings. The number of furan rings is 1. The van der Waals surface area contributed by atoms with Gasteiger partial charge in [-0.15, -0.1) is 0 Å². The van der Waals surface area contributed by atoms with Crippen LogP contribution >= 0.6 is 0 Å². The Morgan fingerprint density at radius 1 is 1.33 bits per heavy atom. The highest BCUT2D eigenvalue weighted by molar-refractivity contribution is 5.92. The molecule has 1 fully saturated rings. The lowest BCUT2D eigenvalue weighted by atomic mass is 10.2. The van der Waals surface area contributed by atoms with Gasteiger partial charge in [0, 0.05) is 24.0 Å². The maximum Gasteiger partial charge on any atom is 0.246 e. The molecule has 0 bridgehead atoms. The van der Waals surface area contributed by atoms with Crippen LogP contribution in [0.2, 0.25) is 0 Å². The monoisotopic (exact) mass is 283 g/mol. The SMILES string of the molecule is CCN(C(=O)/C=C/c1cc2ccccc2o1)C1CCCC1. The van der Waals surface area contributed by atoms with Gasteiger partial charge in [-0.25, -0.2) is 0 Å². The van der Waals surface area contributed by atoms with Crippen molar-refractivity contribution in [2.45, 2.75) is 38.6 Å². The third kappa shape index (κ3) is 3.02. The Labute approximate surface area is 125 Å². The van der Waals surface area contributed by atoms with E-state index in [0.717, 1.165) is 36.1 Å². The minimum absolute atomic E-state index is 0.0878.